The van der Waals surface area contributed by atoms with Crippen molar-refractivity contribution >= 4 is 11.8 Å². The third-order valence-electron chi connectivity index (χ3n) is 16.2. The highest BCUT2D eigenvalue weighted by molar-refractivity contribution is 5.86. The molecule has 2 aromatic heterocycles. The van der Waals surface area contributed by atoms with Gasteiger partial charge >= 0.3 is 0 Å². The summed E-state index contributed by atoms with van der Waals surface area (Å²) in [7, 11) is 2.09. The van der Waals surface area contributed by atoms with Crippen LogP contribution in [0.1, 0.15) is 175 Å². The lowest BCUT2D eigenvalue weighted by molar-refractivity contribution is -0.671. The van der Waals surface area contributed by atoms with Crippen LogP contribution >= 0.6 is 0 Å². The molecular weight excluding hydrogens is 669 g/mol. The smallest absolute Gasteiger partial charge is 0.243 e. The van der Waals surface area contributed by atoms with E-state index in [0.717, 1.165) is 38.6 Å². The molecule has 1 aliphatic carbocycles. The lowest BCUT2D eigenvalue weighted by Gasteiger charge is -2.54. The van der Waals surface area contributed by atoms with Crippen LogP contribution in [-0.2, 0) is 16.6 Å². The molecule has 306 valence electrons. The number of carbonyl (C=O) groups excluding carboxylic acids is 2. The Kier molecular flexibility index (Phi) is 11.5. The van der Waals surface area contributed by atoms with Crippen LogP contribution in [0, 0.1) is 48.7 Å². The molecule has 2 aliphatic rings. The SMILES string of the molecule is C[n+]1ccn(C(CC(C)(C)C(C)(C)C(CC(C)(C)C2(C)CC2(CC(C)(C)C(C)(C)C(CC(C)(C)C)N2CCCC2=O)C(N)=O)n2ccnc2)C(C)(C)C)c1. The molecule has 3 heterocycles. The number of imidazole rings is 2. The number of rotatable bonds is 16. The molecule has 8 nitrogen and oxygen atoms in total. The maximum absolute atomic E-state index is 14.0. The van der Waals surface area contributed by atoms with Gasteiger partial charge in [-0.1, -0.05) is 118 Å². The molecule has 1 saturated carbocycles. The number of primary amides is 1. The zero-order valence-electron chi connectivity index (χ0n) is 38.0. The predicted molar refractivity (Wildman–Crippen MR) is 221 cm³/mol. The normalized spacial score (nSPS) is 23.8. The van der Waals surface area contributed by atoms with E-state index in [1.165, 1.54) is 0 Å². The van der Waals surface area contributed by atoms with Crippen molar-refractivity contribution in [1.29, 1.82) is 0 Å². The molecular formula is C46H81N6O2+. The Morgan fingerprint density at radius 3 is 1.87 bits per heavy atom. The summed E-state index contributed by atoms with van der Waals surface area (Å²) in [5, 5.41) is 0. The molecule has 4 rings (SSSR count). The van der Waals surface area contributed by atoms with E-state index in [1.807, 2.05) is 12.5 Å². The lowest BCUT2D eigenvalue weighted by Crippen LogP contribution is -2.55. The Labute approximate surface area is 330 Å². The average molecular weight is 750 g/mol. The van der Waals surface area contributed by atoms with E-state index in [0.29, 0.717) is 18.9 Å². The molecule has 0 aromatic carbocycles. The molecule has 1 aliphatic heterocycles. The molecule has 5 unspecified atom stereocenters. The number of amides is 2. The van der Waals surface area contributed by atoms with E-state index in [-0.39, 0.29) is 67.2 Å². The third-order valence-corrected chi connectivity index (χ3v) is 16.2. The van der Waals surface area contributed by atoms with E-state index in [4.69, 9.17) is 5.73 Å². The average Bonchev–Trinajstić information content (AvgIpc) is 3.52. The van der Waals surface area contributed by atoms with E-state index in [9.17, 15) is 9.59 Å². The van der Waals surface area contributed by atoms with Crippen molar-refractivity contribution in [2.75, 3.05) is 6.54 Å². The molecule has 2 aromatic rings. The van der Waals surface area contributed by atoms with Gasteiger partial charge in [-0.15, -0.1) is 0 Å². The fourth-order valence-electron chi connectivity index (χ4n) is 10.5. The topological polar surface area (TPSA) is 90.0 Å². The van der Waals surface area contributed by atoms with Crippen LogP contribution in [0.4, 0.5) is 0 Å². The molecule has 0 spiro atoms. The number of nitrogens with zero attached hydrogens (tertiary/aromatic N) is 5. The number of aromatic nitrogens is 4. The minimum Gasteiger partial charge on any atom is -0.369 e. The van der Waals surface area contributed by atoms with Crippen LogP contribution in [0.25, 0.3) is 0 Å². The van der Waals surface area contributed by atoms with Gasteiger partial charge in [0, 0.05) is 42.9 Å². The molecule has 2 amide bonds. The number of hydrogen-bond acceptors (Lipinski definition) is 3. The zero-order chi connectivity index (χ0) is 41.3. The van der Waals surface area contributed by atoms with Gasteiger partial charge in [-0.3, -0.25) is 9.59 Å². The Bertz CT molecular complexity index is 1630. The second kappa shape index (κ2) is 14.1. The van der Waals surface area contributed by atoms with Crippen LogP contribution in [0.2, 0.25) is 0 Å². The van der Waals surface area contributed by atoms with Crippen LogP contribution in [-0.4, -0.2) is 43.4 Å². The van der Waals surface area contributed by atoms with Crippen LogP contribution in [0.3, 0.4) is 0 Å². The highest BCUT2D eigenvalue weighted by Crippen LogP contribution is 2.77. The van der Waals surface area contributed by atoms with Crippen LogP contribution in [0.5, 0.6) is 0 Å². The van der Waals surface area contributed by atoms with Gasteiger partial charge in [0.1, 0.15) is 18.4 Å². The molecule has 0 radical (unpaired) electrons. The van der Waals surface area contributed by atoms with E-state index < -0.39 is 5.41 Å². The third kappa shape index (κ3) is 7.97. The molecule has 1 saturated heterocycles. The van der Waals surface area contributed by atoms with Crippen molar-refractivity contribution in [3.05, 3.63) is 37.4 Å². The number of hydrogen-bond donors (Lipinski definition) is 1. The first-order chi connectivity index (χ1) is 24.3. The lowest BCUT2D eigenvalue weighted by atomic mass is 9.54. The summed E-state index contributed by atoms with van der Waals surface area (Å²) in [6.45, 7) is 40.9. The van der Waals surface area contributed by atoms with Crippen molar-refractivity contribution in [1.82, 2.24) is 19.0 Å². The number of aryl methyl sites for hydroxylation is 1. The highest BCUT2D eigenvalue weighted by atomic mass is 16.2. The van der Waals surface area contributed by atoms with Crippen molar-refractivity contribution in [2.45, 2.75) is 181 Å². The van der Waals surface area contributed by atoms with Gasteiger partial charge in [0.2, 0.25) is 18.1 Å². The van der Waals surface area contributed by atoms with Gasteiger partial charge < -0.3 is 15.2 Å². The minimum absolute atomic E-state index is 0.0495. The largest absolute Gasteiger partial charge is 0.369 e. The van der Waals surface area contributed by atoms with Gasteiger partial charge in [-0.2, -0.15) is 0 Å². The summed E-state index contributed by atoms with van der Waals surface area (Å²) >= 11 is 0. The predicted octanol–water partition coefficient (Wildman–Crippen LogP) is 9.95. The first kappa shape index (κ1) is 44.1. The number of nitrogens with two attached hydrogens (primary N) is 1. The summed E-state index contributed by atoms with van der Waals surface area (Å²) in [4.78, 5) is 34.0. The highest BCUT2D eigenvalue weighted by Gasteiger charge is 2.75. The van der Waals surface area contributed by atoms with Crippen LogP contribution < -0.4 is 10.3 Å². The minimum atomic E-state index is -0.654. The standard InChI is InChI=1S/C46H80N6O2/c1-38(2,3)26-35(52-22-19-20-36(52)53)44(15,16)42(11,12)29-46(37(47)54)30-45(46,17)41(9,10)28-34(50-23-21-48-31-50)43(13,14)40(7,8)27-33(39(4,5)6)51-25-24-49(18)32-51/h21,23-25,31-35H,19-20,22,26-30H2,1-18H3,(H-,47,54)/p+1. The van der Waals surface area contributed by atoms with Crippen LogP contribution in [0.15, 0.2) is 37.4 Å². The fourth-order valence-corrected chi connectivity index (χ4v) is 10.5. The van der Waals surface area contributed by atoms with Crippen molar-refractivity contribution in [3.63, 3.8) is 0 Å². The first-order valence-corrected chi connectivity index (χ1v) is 20.9. The zero-order valence-corrected chi connectivity index (χ0v) is 38.0. The summed E-state index contributed by atoms with van der Waals surface area (Å²) < 4.78 is 6.86. The number of likely N-dealkylation sites (tertiary alicyclic amines) is 1. The van der Waals surface area contributed by atoms with Crippen molar-refractivity contribution in [2.24, 2.45) is 61.5 Å². The maximum Gasteiger partial charge on any atom is 0.243 e. The van der Waals surface area contributed by atoms with Gasteiger partial charge in [0.25, 0.3) is 0 Å². The summed E-state index contributed by atoms with van der Waals surface area (Å²) in [6, 6.07) is 0.498. The summed E-state index contributed by atoms with van der Waals surface area (Å²) in [6.07, 6.45) is 18.4. The quantitative estimate of drug-likeness (QED) is 0.173. The Hall–Kier alpha value is -2.64. The molecule has 2 N–H and O–H groups in total. The van der Waals surface area contributed by atoms with Crippen molar-refractivity contribution in [3.8, 4) is 0 Å². The maximum atomic E-state index is 14.0. The monoisotopic (exact) mass is 750 g/mol. The second-order valence-corrected chi connectivity index (χ2v) is 23.5. The van der Waals surface area contributed by atoms with Gasteiger partial charge in [-0.25, -0.2) is 14.1 Å². The molecule has 2 fully saturated rings. The Balaban J connectivity index is 1.70. The van der Waals surface area contributed by atoms with Gasteiger partial charge in [0.15, 0.2) is 0 Å². The molecule has 8 heteroatoms. The Morgan fingerprint density at radius 2 is 1.43 bits per heavy atom. The van der Waals surface area contributed by atoms with E-state index in [1.54, 1.807) is 0 Å². The Morgan fingerprint density at radius 1 is 0.833 bits per heavy atom. The first-order valence-electron chi connectivity index (χ1n) is 20.9. The number of carbonyl (C=O) groups is 2. The van der Waals surface area contributed by atoms with Gasteiger partial charge in [0.05, 0.1) is 18.8 Å². The van der Waals surface area contributed by atoms with Crippen molar-refractivity contribution < 1.29 is 14.2 Å². The second-order valence-electron chi connectivity index (χ2n) is 23.5. The van der Waals surface area contributed by atoms with E-state index in [2.05, 4.69) is 173 Å². The molecule has 0 bridgehead atoms. The fraction of sp³-hybridized carbons (Fsp3) is 0.826. The summed E-state index contributed by atoms with van der Waals surface area (Å²) in [5.41, 5.74) is 4.71. The summed E-state index contributed by atoms with van der Waals surface area (Å²) in [5.74, 6) is 0.0839. The molecule has 54 heavy (non-hydrogen) atoms. The molecule has 5 atom stereocenters. The van der Waals surface area contributed by atoms with Gasteiger partial charge in [-0.05, 0) is 76.4 Å². The van der Waals surface area contributed by atoms with E-state index >= 15 is 0 Å².